The van der Waals surface area contributed by atoms with Crippen molar-refractivity contribution < 1.29 is 22.7 Å². The third kappa shape index (κ3) is 5.14. The van der Waals surface area contributed by atoms with Gasteiger partial charge in [-0.05, 0) is 30.7 Å². The Balaban J connectivity index is 2.28. The first-order valence-corrected chi connectivity index (χ1v) is 8.58. The van der Waals surface area contributed by atoms with Crippen LogP contribution in [0.2, 0.25) is 0 Å². The van der Waals surface area contributed by atoms with Gasteiger partial charge in [0.25, 0.3) is 5.91 Å². The van der Waals surface area contributed by atoms with Crippen molar-refractivity contribution in [2.24, 2.45) is 0 Å². The fourth-order valence-electron chi connectivity index (χ4n) is 2.64. The number of carbonyl (C=O) groups is 1. The first-order chi connectivity index (χ1) is 10.9. The number of rotatable bonds is 5. The molecule has 7 heteroatoms. The highest BCUT2D eigenvalue weighted by molar-refractivity contribution is 7.99. The summed E-state index contributed by atoms with van der Waals surface area (Å²) in [7, 11) is 0. The number of thioether (sulfide) groups is 1. The van der Waals surface area contributed by atoms with E-state index in [0.717, 1.165) is 15.5 Å². The molecule has 1 heterocycles. The van der Waals surface area contributed by atoms with Crippen molar-refractivity contribution in [2.45, 2.75) is 36.9 Å². The zero-order valence-electron chi connectivity index (χ0n) is 12.9. The maximum atomic E-state index is 13.0. The maximum absolute atomic E-state index is 13.0. The second kappa shape index (κ2) is 8.06. The summed E-state index contributed by atoms with van der Waals surface area (Å²) in [5, 5.41) is 0. The molecule has 0 aromatic heterocycles. The largest absolute Gasteiger partial charge is 0.406 e. The van der Waals surface area contributed by atoms with E-state index in [1.807, 2.05) is 6.92 Å². The molecular weight excluding hydrogens is 327 g/mol. The van der Waals surface area contributed by atoms with Crippen LogP contribution in [0.1, 0.15) is 30.1 Å². The molecule has 0 atom stereocenters. The second-order valence-electron chi connectivity index (χ2n) is 5.32. The molecule has 0 bridgehead atoms. The number of nitrogens with zero attached hydrogens (tertiary/aromatic N) is 1. The molecule has 1 saturated heterocycles. The van der Waals surface area contributed by atoms with E-state index >= 15 is 0 Å². The Labute approximate surface area is 138 Å². The highest BCUT2D eigenvalue weighted by Gasteiger charge is 2.37. The van der Waals surface area contributed by atoms with E-state index in [9.17, 15) is 18.0 Å². The predicted octanol–water partition coefficient (Wildman–Crippen LogP) is 3.98. The number of halogens is 3. The molecule has 1 aromatic carbocycles. The van der Waals surface area contributed by atoms with Crippen LogP contribution in [0, 0.1) is 0 Å². The molecule has 1 amide bonds. The fraction of sp³-hybridized carbons (Fsp3) is 0.562. The Hall–Kier alpha value is -1.21. The van der Waals surface area contributed by atoms with E-state index in [2.05, 4.69) is 0 Å². The normalized spacial score (nSPS) is 16.3. The second-order valence-corrected chi connectivity index (χ2v) is 6.63. The Bertz CT molecular complexity index is 530. The van der Waals surface area contributed by atoms with Gasteiger partial charge in [-0.15, -0.1) is 11.8 Å². The summed E-state index contributed by atoms with van der Waals surface area (Å²) in [4.78, 5) is 14.5. The summed E-state index contributed by atoms with van der Waals surface area (Å²) in [6.45, 7) is 1.49. The molecule has 128 valence electrons. The summed E-state index contributed by atoms with van der Waals surface area (Å²) < 4.78 is 44.1. The molecule has 0 spiro atoms. The van der Waals surface area contributed by atoms with E-state index in [1.54, 1.807) is 24.3 Å². The van der Waals surface area contributed by atoms with Gasteiger partial charge in [0.1, 0.15) is 6.54 Å². The Kier molecular flexibility index (Phi) is 6.35. The minimum absolute atomic E-state index is 0.343. The van der Waals surface area contributed by atoms with Crippen molar-refractivity contribution in [3.63, 3.8) is 0 Å². The van der Waals surface area contributed by atoms with Crippen LogP contribution in [0.25, 0.3) is 0 Å². The van der Waals surface area contributed by atoms with Crippen molar-refractivity contribution >= 4 is 17.7 Å². The molecule has 0 N–H and O–H groups in total. The van der Waals surface area contributed by atoms with Crippen molar-refractivity contribution in [2.75, 3.05) is 25.5 Å². The Morgan fingerprint density at radius 3 is 2.57 bits per heavy atom. The van der Waals surface area contributed by atoms with E-state index < -0.39 is 24.7 Å². The van der Waals surface area contributed by atoms with Gasteiger partial charge in [0.15, 0.2) is 0 Å². The molecule has 1 aliphatic heterocycles. The van der Waals surface area contributed by atoms with Crippen LogP contribution < -0.4 is 0 Å². The van der Waals surface area contributed by atoms with Crippen molar-refractivity contribution in [3.05, 3.63) is 29.8 Å². The van der Waals surface area contributed by atoms with E-state index in [1.165, 1.54) is 11.8 Å². The van der Waals surface area contributed by atoms with Crippen molar-refractivity contribution in [1.29, 1.82) is 0 Å². The van der Waals surface area contributed by atoms with Crippen LogP contribution >= 0.6 is 11.8 Å². The minimum atomic E-state index is -4.42. The van der Waals surface area contributed by atoms with Gasteiger partial charge in [0, 0.05) is 24.2 Å². The number of hydrogen-bond acceptors (Lipinski definition) is 3. The maximum Gasteiger partial charge on any atom is 0.406 e. The highest BCUT2D eigenvalue weighted by Crippen LogP contribution is 2.28. The van der Waals surface area contributed by atoms with E-state index in [0.29, 0.717) is 31.6 Å². The molecule has 1 aliphatic rings. The van der Waals surface area contributed by atoms with Gasteiger partial charge in [-0.25, -0.2) is 0 Å². The lowest BCUT2D eigenvalue weighted by molar-refractivity contribution is -0.147. The Morgan fingerprint density at radius 1 is 1.30 bits per heavy atom. The quantitative estimate of drug-likeness (QED) is 0.755. The van der Waals surface area contributed by atoms with Gasteiger partial charge in [-0.3, -0.25) is 4.79 Å². The summed E-state index contributed by atoms with van der Waals surface area (Å²) in [6.07, 6.45) is -3.55. The molecule has 0 saturated carbocycles. The number of carbonyl (C=O) groups excluding carboxylic acids is 1. The van der Waals surface area contributed by atoms with Crippen LogP contribution in [0.4, 0.5) is 13.2 Å². The lowest BCUT2D eigenvalue weighted by Crippen LogP contribution is -2.48. The Morgan fingerprint density at radius 2 is 1.96 bits per heavy atom. The molecule has 1 fully saturated rings. The lowest BCUT2D eigenvalue weighted by atomic mass is 10.1. The molecule has 1 aromatic rings. The molecule has 0 radical (unpaired) electrons. The van der Waals surface area contributed by atoms with Crippen LogP contribution in [0.3, 0.4) is 0 Å². The number of benzene rings is 1. The van der Waals surface area contributed by atoms with Gasteiger partial charge in [0.2, 0.25) is 0 Å². The minimum Gasteiger partial charge on any atom is -0.381 e. The topological polar surface area (TPSA) is 29.5 Å². The molecular formula is C16H20F3NO2S. The van der Waals surface area contributed by atoms with Crippen molar-refractivity contribution in [3.8, 4) is 0 Å². The number of alkyl halides is 3. The monoisotopic (exact) mass is 347 g/mol. The smallest absolute Gasteiger partial charge is 0.381 e. The first-order valence-electron chi connectivity index (χ1n) is 7.59. The predicted molar refractivity (Wildman–Crippen MR) is 83.8 cm³/mol. The summed E-state index contributed by atoms with van der Waals surface area (Å²) in [5.74, 6) is 0.201. The third-order valence-electron chi connectivity index (χ3n) is 3.66. The summed E-state index contributed by atoms with van der Waals surface area (Å²) in [5.41, 5.74) is 0.343. The number of ether oxygens (including phenoxy) is 1. The van der Waals surface area contributed by atoms with Crippen molar-refractivity contribution in [1.82, 2.24) is 4.90 Å². The molecule has 0 aliphatic carbocycles. The zero-order chi connectivity index (χ0) is 16.9. The summed E-state index contributed by atoms with van der Waals surface area (Å²) in [6, 6.07) is 6.41. The average Bonchev–Trinajstić information content (AvgIpc) is 2.53. The first kappa shape index (κ1) is 18.1. The van der Waals surface area contributed by atoms with Crippen LogP contribution in [-0.4, -0.2) is 48.5 Å². The van der Waals surface area contributed by atoms with E-state index in [4.69, 9.17) is 4.74 Å². The lowest BCUT2D eigenvalue weighted by Gasteiger charge is -2.35. The number of amides is 1. The number of hydrogen-bond donors (Lipinski definition) is 0. The zero-order valence-corrected chi connectivity index (χ0v) is 13.8. The van der Waals surface area contributed by atoms with Crippen LogP contribution in [-0.2, 0) is 4.74 Å². The highest BCUT2D eigenvalue weighted by atomic mass is 32.2. The van der Waals surface area contributed by atoms with Gasteiger partial charge in [0.05, 0.1) is 5.56 Å². The van der Waals surface area contributed by atoms with Gasteiger partial charge in [-0.1, -0.05) is 19.1 Å². The van der Waals surface area contributed by atoms with E-state index in [-0.39, 0.29) is 0 Å². The van der Waals surface area contributed by atoms with Gasteiger partial charge in [-0.2, -0.15) is 13.2 Å². The third-order valence-corrected chi connectivity index (χ3v) is 4.62. The van der Waals surface area contributed by atoms with Crippen LogP contribution in [0.5, 0.6) is 0 Å². The van der Waals surface area contributed by atoms with Gasteiger partial charge < -0.3 is 9.64 Å². The molecule has 23 heavy (non-hydrogen) atoms. The molecule has 3 nitrogen and oxygen atoms in total. The summed E-state index contributed by atoms with van der Waals surface area (Å²) >= 11 is 1.46. The van der Waals surface area contributed by atoms with Crippen LogP contribution in [0.15, 0.2) is 29.2 Å². The molecule has 2 rings (SSSR count). The standard InChI is InChI=1S/C16H20F3NO2S/c1-2-23-14-6-4-3-5-13(14)15(21)20(11-16(17,18)19)12-7-9-22-10-8-12/h3-6,12H,2,7-11H2,1H3. The fourth-order valence-corrected chi connectivity index (χ4v) is 3.43. The van der Waals surface area contributed by atoms with Gasteiger partial charge >= 0.3 is 6.18 Å². The average molecular weight is 347 g/mol. The SMILES string of the molecule is CCSc1ccccc1C(=O)N(CC(F)(F)F)C1CCOCC1. The molecule has 0 unspecified atom stereocenters.